The second-order valence-corrected chi connectivity index (χ2v) is 4.39. The number of methoxy groups -OCH3 is 1. The van der Waals surface area contributed by atoms with Crippen LogP contribution in [0.4, 0.5) is 10.1 Å². The molecule has 2 rings (SSSR count). The maximum Gasteiger partial charge on any atom is 0.165 e. The van der Waals surface area contributed by atoms with E-state index in [0.29, 0.717) is 6.54 Å². The minimum absolute atomic E-state index is 0.0960. The van der Waals surface area contributed by atoms with Crippen molar-refractivity contribution in [3.63, 3.8) is 0 Å². The summed E-state index contributed by atoms with van der Waals surface area (Å²) >= 11 is 5.84. The Bertz CT molecular complexity index is 617. The van der Waals surface area contributed by atoms with Gasteiger partial charge in [0.25, 0.3) is 0 Å². The van der Waals surface area contributed by atoms with Crippen molar-refractivity contribution >= 4 is 23.5 Å². The van der Waals surface area contributed by atoms with Gasteiger partial charge in [-0.15, -0.1) is 0 Å². The van der Waals surface area contributed by atoms with E-state index in [0.717, 1.165) is 23.7 Å². The number of benzene rings is 1. The molecule has 0 radical (unpaired) electrons. The molecule has 4 nitrogen and oxygen atoms in total. The average Bonchev–Trinajstić information content (AvgIpc) is 2.48. The van der Waals surface area contributed by atoms with E-state index in [2.05, 4.69) is 10.3 Å². The summed E-state index contributed by atoms with van der Waals surface area (Å²) < 4.78 is 18.8. The number of hydrogen-bond acceptors (Lipinski definition) is 4. The molecule has 1 aromatic heterocycles. The largest absolute Gasteiger partial charge is 0.497 e. The smallest absolute Gasteiger partial charge is 0.165 e. The van der Waals surface area contributed by atoms with E-state index in [4.69, 9.17) is 21.7 Å². The molecule has 6 heteroatoms. The lowest BCUT2D eigenvalue weighted by Crippen LogP contribution is -2.06. The van der Waals surface area contributed by atoms with Crippen LogP contribution in [0, 0.1) is 11.2 Å². The van der Waals surface area contributed by atoms with Crippen molar-refractivity contribution in [1.29, 1.82) is 5.41 Å². The number of nitrogens with one attached hydrogen (secondary N) is 2. The summed E-state index contributed by atoms with van der Waals surface area (Å²) in [6, 6.07) is 7.39. The van der Waals surface area contributed by atoms with Crippen molar-refractivity contribution < 1.29 is 9.13 Å². The van der Waals surface area contributed by atoms with Crippen LogP contribution in [0.25, 0.3) is 0 Å². The maximum atomic E-state index is 13.7. The van der Waals surface area contributed by atoms with Crippen LogP contribution in [0.15, 0.2) is 30.5 Å². The molecule has 0 spiro atoms. The minimum Gasteiger partial charge on any atom is -0.497 e. The zero-order valence-electron chi connectivity index (χ0n) is 10.8. The van der Waals surface area contributed by atoms with Crippen molar-refractivity contribution in [2.45, 2.75) is 6.54 Å². The van der Waals surface area contributed by atoms with Gasteiger partial charge in [0.05, 0.1) is 24.6 Å². The molecule has 0 atom stereocenters. The lowest BCUT2D eigenvalue weighted by atomic mass is 10.2. The van der Waals surface area contributed by atoms with Crippen LogP contribution in [0.5, 0.6) is 5.75 Å². The number of ether oxygens (including phenoxy) is 1. The molecule has 0 unspecified atom stereocenters. The second-order valence-electron chi connectivity index (χ2n) is 4.03. The van der Waals surface area contributed by atoms with Crippen LogP contribution >= 0.6 is 11.6 Å². The molecule has 0 aliphatic rings. The molecule has 0 aliphatic heterocycles. The van der Waals surface area contributed by atoms with E-state index in [9.17, 15) is 4.39 Å². The maximum absolute atomic E-state index is 13.7. The first-order chi connectivity index (χ1) is 9.65. The van der Waals surface area contributed by atoms with Crippen molar-refractivity contribution in [3.8, 4) is 5.75 Å². The Morgan fingerprint density at radius 3 is 2.70 bits per heavy atom. The number of aromatic nitrogens is 1. The third-order valence-corrected chi connectivity index (χ3v) is 3.10. The van der Waals surface area contributed by atoms with Crippen molar-refractivity contribution in [3.05, 3.63) is 52.6 Å². The van der Waals surface area contributed by atoms with Gasteiger partial charge in [0.15, 0.2) is 5.82 Å². The Hall–Kier alpha value is -2.14. The highest BCUT2D eigenvalue weighted by molar-refractivity contribution is 6.32. The molecule has 0 aliphatic carbocycles. The average molecular weight is 294 g/mol. The predicted molar refractivity (Wildman–Crippen MR) is 77.4 cm³/mol. The van der Waals surface area contributed by atoms with Gasteiger partial charge < -0.3 is 15.5 Å². The Kier molecular flexibility index (Phi) is 4.53. The molecule has 1 heterocycles. The highest BCUT2D eigenvalue weighted by Crippen LogP contribution is 2.24. The molecule has 0 bridgehead atoms. The third-order valence-electron chi connectivity index (χ3n) is 2.79. The molecule has 0 amide bonds. The summed E-state index contributed by atoms with van der Waals surface area (Å²) in [5, 5.41) is 10.3. The fourth-order valence-corrected chi connectivity index (χ4v) is 1.92. The fraction of sp³-hybridized carbons (Fsp3) is 0.143. The zero-order valence-corrected chi connectivity index (χ0v) is 11.5. The molecule has 1 aromatic carbocycles. The first-order valence-electron chi connectivity index (χ1n) is 5.87. The Balaban J connectivity index is 2.17. The molecular formula is C14H13ClFN3O. The Morgan fingerprint density at radius 2 is 2.10 bits per heavy atom. The Labute approximate surface area is 121 Å². The normalized spacial score (nSPS) is 10.2. The highest BCUT2D eigenvalue weighted by Gasteiger charge is 2.11. The summed E-state index contributed by atoms with van der Waals surface area (Å²) in [5.74, 6) is 0.216. The zero-order chi connectivity index (χ0) is 14.5. The molecule has 20 heavy (non-hydrogen) atoms. The molecule has 0 saturated heterocycles. The molecule has 0 saturated carbocycles. The fourth-order valence-electron chi connectivity index (χ4n) is 1.72. The molecular weight excluding hydrogens is 281 g/mol. The van der Waals surface area contributed by atoms with Crippen LogP contribution in [0.1, 0.15) is 11.1 Å². The molecule has 104 valence electrons. The summed E-state index contributed by atoms with van der Waals surface area (Å²) in [6.07, 6.45) is 2.01. The Morgan fingerprint density at radius 1 is 1.40 bits per heavy atom. The molecule has 2 aromatic rings. The number of hydrogen-bond donors (Lipinski definition) is 2. The summed E-state index contributed by atoms with van der Waals surface area (Å²) in [5.41, 5.74) is 1.37. The van der Waals surface area contributed by atoms with Crippen LogP contribution in [-0.4, -0.2) is 18.3 Å². The van der Waals surface area contributed by atoms with Gasteiger partial charge in [0.1, 0.15) is 10.9 Å². The summed E-state index contributed by atoms with van der Waals surface area (Å²) in [6.45, 7) is 0.405. The van der Waals surface area contributed by atoms with Gasteiger partial charge in [-0.1, -0.05) is 23.7 Å². The summed E-state index contributed by atoms with van der Waals surface area (Å²) in [4.78, 5) is 3.67. The SMILES string of the molecule is COc1ccc(CNc2c(F)cnc(Cl)c2C=N)cc1. The van der Waals surface area contributed by atoms with Crippen LogP contribution in [0.3, 0.4) is 0 Å². The molecule has 2 N–H and O–H groups in total. The van der Waals surface area contributed by atoms with Gasteiger partial charge in [-0.3, -0.25) is 0 Å². The number of pyridine rings is 1. The number of halogens is 2. The topological polar surface area (TPSA) is 58.0 Å². The van der Waals surface area contributed by atoms with E-state index >= 15 is 0 Å². The van der Waals surface area contributed by atoms with Gasteiger partial charge in [-0.25, -0.2) is 9.37 Å². The number of anilines is 1. The van der Waals surface area contributed by atoms with Crippen molar-refractivity contribution in [1.82, 2.24) is 4.98 Å². The predicted octanol–water partition coefficient (Wildman–Crippen LogP) is 3.49. The van der Waals surface area contributed by atoms with Gasteiger partial charge in [-0.2, -0.15) is 0 Å². The first kappa shape index (κ1) is 14.3. The van der Waals surface area contributed by atoms with E-state index in [1.807, 2.05) is 24.3 Å². The van der Waals surface area contributed by atoms with Crippen molar-refractivity contribution in [2.75, 3.05) is 12.4 Å². The van der Waals surface area contributed by atoms with Gasteiger partial charge in [0.2, 0.25) is 0 Å². The van der Waals surface area contributed by atoms with Crippen LogP contribution in [-0.2, 0) is 6.54 Å². The number of rotatable bonds is 5. The quantitative estimate of drug-likeness (QED) is 0.655. The standard InChI is InChI=1S/C14H13ClFN3O/c1-20-10-4-2-9(3-5-10)7-18-13-11(6-17)14(15)19-8-12(13)16/h2-6,8,17H,7H2,1H3,(H,18,19). The lowest BCUT2D eigenvalue weighted by Gasteiger charge is -2.11. The van der Waals surface area contributed by atoms with Crippen molar-refractivity contribution in [2.24, 2.45) is 0 Å². The van der Waals surface area contributed by atoms with Gasteiger partial charge in [-0.05, 0) is 17.7 Å². The van der Waals surface area contributed by atoms with Crippen LogP contribution in [0.2, 0.25) is 5.15 Å². The monoisotopic (exact) mass is 293 g/mol. The lowest BCUT2D eigenvalue weighted by molar-refractivity contribution is 0.414. The third kappa shape index (κ3) is 3.05. The highest BCUT2D eigenvalue weighted by atomic mass is 35.5. The van der Waals surface area contributed by atoms with E-state index < -0.39 is 5.82 Å². The van der Waals surface area contributed by atoms with E-state index in [-0.39, 0.29) is 16.4 Å². The van der Waals surface area contributed by atoms with Crippen LogP contribution < -0.4 is 10.1 Å². The van der Waals surface area contributed by atoms with Gasteiger partial charge in [0, 0.05) is 12.8 Å². The second kappa shape index (κ2) is 6.34. The van der Waals surface area contributed by atoms with E-state index in [1.165, 1.54) is 0 Å². The van der Waals surface area contributed by atoms with Gasteiger partial charge >= 0.3 is 0 Å². The minimum atomic E-state index is -0.540. The first-order valence-corrected chi connectivity index (χ1v) is 6.24. The number of nitrogens with zero attached hydrogens (tertiary/aromatic N) is 1. The summed E-state index contributed by atoms with van der Waals surface area (Å²) in [7, 11) is 1.60. The van der Waals surface area contributed by atoms with E-state index in [1.54, 1.807) is 7.11 Å². The molecule has 0 fully saturated rings.